The summed E-state index contributed by atoms with van der Waals surface area (Å²) in [5, 5.41) is 5.42. The molecule has 0 radical (unpaired) electrons. The van der Waals surface area contributed by atoms with Crippen molar-refractivity contribution in [3.8, 4) is 0 Å². The zero-order chi connectivity index (χ0) is 23.7. The number of nitrogens with one attached hydrogen (secondary N) is 2. The first-order valence-electron chi connectivity index (χ1n) is 11.7. The lowest BCUT2D eigenvalue weighted by molar-refractivity contribution is -0.136. The molecule has 9 nitrogen and oxygen atoms in total. The summed E-state index contributed by atoms with van der Waals surface area (Å²) in [6.45, 7) is 2.36. The van der Waals surface area contributed by atoms with E-state index < -0.39 is 11.8 Å². The van der Waals surface area contributed by atoms with Crippen LogP contribution in [0.3, 0.4) is 0 Å². The lowest BCUT2D eigenvalue weighted by Crippen LogP contribution is -2.43. The van der Waals surface area contributed by atoms with Crippen molar-refractivity contribution >= 4 is 35.0 Å². The van der Waals surface area contributed by atoms with Crippen LogP contribution in [0.1, 0.15) is 40.7 Å². The topological polar surface area (TPSA) is 112 Å². The summed E-state index contributed by atoms with van der Waals surface area (Å²) in [7, 11) is 0. The molecule has 2 aromatic rings. The van der Waals surface area contributed by atoms with E-state index in [1.165, 1.54) is 0 Å². The van der Waals surface area contributed by atoms with E-state index in [0.29, 0.717) is 37.3 Å². The number of piperidine rings is 1. The van der Waals surface area contributed by atoms with Crippen LogP contribution >= 0.6 is 0 Å². The summed E-state index contributed by atoms with van der Waals surface area (Å²) >= 11 is 0. The summed E-state index contributed by atoms with van der Waals surface area (Å²) < 4.78 is 0. The Kier molecular flexibility index (Phi) is 6.00. The molecule has 1 saturated heterocycles. The Balaban J connectivity index is 1.11. The summed E-state index contributed by atoms with van der Waals surface area (Å²) in [6.07, 6.45) is 6.81. The third-order valence-corrected chi connectivity index (χ3v) is 6.85. The van der Waals surface area contributed by atoms with Crippen LogP contribution in [0.4, 0.5) is 11.4 Å². The molecule has 0 saturated carbocycles. The second-order valence-corrected chi connectivity index (χ2v) is 9.10. The number of hydrogen-bond donors (Lipinski definition) is 2. The Morgan fingerprint density at radius 2 is 1.74 bits per heavy atom. The van der Waals surface area contributed by atoms with Crippen molar-refractivity contribution < 1.29 is 19.2 Å². The number of nitrogens with zero attached hydrogens (tertiary/aromatic N) is 3. The van der Waals surface area contributed by atoms with E-state index in [4.69, 9.17) is 0 Å². The molecule has 1 fully saturated rings. The van der Waals surface area contributed by atoms with Crippen LogP contribution < -0.4 is 15.5 Å². The average molecular weight is 462 g/mol. The fraction of sp³-hybridized carbons (Fsp3) is 0.400. The van der Waals surface area contributed by atoms with Crippen molar-refractivity contribution in [1.82, 2.24) is 15.2 Å². The average Bonchev–Trinajstić information content (AvgIpc) is 3.19. The van der Waals surface area contributed by atoms with Crippen LogP contribution in [0.2, 0.25) is 0 Å². The molecule has 4 heterocycles. The fourth-order valence-electron chi connectivity index (χ4n) is 5.07. The summed E-state index contributed by atoms with van der Waals surface area (Å²) in [5.41, 5.74) is 4.10. The monoisotopic (exact) mass is 461 g/mol. The van der Waals surface area contributed by atoms with Gasteiger partial charge in [0.15, 0.2) is 0 Å². The Bertz CT molecular complexity index is 1140. The van der Waals surface area contributed by atoms with Gasteiger partial charge in [-0.05, 0) is 67.0 Å². The number of rotatable bonds is 4. The minimum Gasteiger partial charge on any atom is -0.348 e. The zero-order valence-corrected chi connectivity index (χ0v) is 18.9. The quantitative estimate of drug-likeness (QED) is 0.671. The molecule has 0 atom stereocenters. The number of hydrogen-bond acceptors (Lipinski definition) is 5. The maximum atomic E-state index is 12.5. The standard InChI is InChI=1S/C25H27N5O4/c31-21-14-19-13-20(12-18-2-1-9-30(21)22(18)19)28-24(33)23(32)27-15-16-5-10-29(11-6-16)25(34)17-3-7-26-8-4-17/h3-4,7-8,12-13,16H,1-2,5-6,9-11,14-15H2,(H,27,32)(H,28,33). The lowest BCUT2D eigenvalue weighted by Gasteiger charge is -2.32. The molecule has 3 aliphatic heterocycles. The highest BCUT2D eigenvalue weighted by atomic mass is 16.2. The molecule has 9 heteroatoms. The van der Waals surface area contributed by atoms with E-state index in [9.17, 15) is 19.2 Å². The van der Waals surface area contributed by atoms with Gasteiger partial charge in [-0.1, -0.05) is 0 Å². The molecule has 0 spiro atoms. The van der Waals surface area contributed by atoms with Crippen molar-refractivity contribution in [2.24, 2.45) is 5.92 Å². The predicted molar refractivity (Wildman–Crippen MR) is 125 cm³/mol. The molecule has 3 aliphatic rings. The van der Waals surface area contributed by atoms with Crippen LogP contribution in [0, 0.1) is 5.92 Å². The highest BCUT2D eigenvalue weighted by molar-refractivity contribution is 6.39. The van der Waals surface area contributed by atoms with Crippen LogP contribution in [0.15, 0.2) is 36.7 Å². The largest absolute Gasteiger partial charge is 0.348 e. The number of carbonyl (C=O) groups excluding carboxylic acids is 4. The molecule has 0 bridgehead atoms. The number of aromatic nitrogens is 1. The van der Waals surface area contributed by atoms with Gasteiger partial charge in [0.05, 0.1) is 12.1 Å². The molecule has 1 aromatic heterocycles. The van der Waals surface area contributed by atoms with Gasteiger partial charge < -0.3 is 20.4 Å². The first-order valence-corrected chi connectivity index (χ1v) is 11.7. The minimum atomic E-state index is -0.713. The van der Waals surface area contributed by atoms with Crippen LogP contribution in [-0.4, -0.2) is 59.7 Å². The van der Waals surface area contributed by atoms with Gasteiger partial charge in [0.25, 0.3) is 5.91 Å². The van der Waals surface area contributed by atoms with Crippen molar-refractivity contribution in [1.29, 1.82) is 0 Å². The normalized spacial score (nSPS) is 17.4. The Hall–Kier alpha value is -3.75. The Morgan fingerprint density at radius 3 is 2.50 bits per heavy atom. The van der Waals surface area contributed by atoms with E-state index in [1.807, 2.05) is 15.9 Å². The zero-order valence-electron chi connectivity index (χ0n) is 18.9. The molecular weight excluding hydrogens is 434 g/mol. The van der Waals surface area contributed by atoms with Gasteiger partial charge in [0.1, 0.15) is 0 Å². The predicted octanol–water partition coefficient (Wildman–Crippen LogP) is 1.52. The molecule has 0 unspecified atom stereocenters. The number of anilines is 2. The van der Waals surface area contributed by atoms with E-state index in [2.05, 4.69) is 15.6 Å². The first kappa shape index (κ1) is 22.1. The first-order chi connectivity index (χ1) is 16.5. The maximum Gasteiger partial charge on any atom is 0.313 e. The Morgan fingerprint density at radius 1 is 1.00 bits per heavy atom. The van der Waals surface area contributed by atoms with Crippen molar-refractivity contribution in [2.75, 3.05) is 36.4 Å². The molecule has 0 aliphatic carbocycles. The van der Waals surface area contributed by atoms with Gasteiger partial charge >= 0.3 is 11.8 Å². The van der Waals surface area contributed by atoms with E-state index >= 15 is 0 Å². The third kappa shape index (κ3) is 4.37. The number of aryl methyl sites for hydroxylation is 1. The lowest BCUT2D eigenvalue weighted by atomic mass is 9.96. The Labute approximate surface area is 197 Å². The van der Waals surface area contributed by atoms with Gasteiger partial charge in [-0.25, -0.2) is 0 Å². The third-order valence-electron chi connectivity index (χ3n) is 6.85. The highest BCUT2D eigenvalue weighted by Gasteiger charge is 2.32. The van der Waals surface area contributed by atoms with Gasteiger partial charge in [-0.3, -0.25) is 24.2 Å². The molecule has 2 N–H and O–H groups in total. The van der Waals surface area contributed by atoms with E-state index in [0.717, 1.165) is 49.0 Å². The molecule has 5 rings (SSSR count). The van der Waals surface area contributed by atoms with Crippen molar-refractivity contribution in [3.05, 3.63) is 53.3 Å². The molecule has 4 amide bonds. The van der Waals surface area contributed by atoms with E-state index in [-0.39, 0.29) is 17.7 Å². The van der Waals surface area contributed by atoms with Gasteiger partial charge in [0, 0.05) is 49.8 Å². The number of pyridine rings is 1. The number of amides is 4. The minimum absolute atomic E-state index is 0.0116. The number of carbonyl (C=O) groups is 4. The van der Waals surface area contributed by atoms with Crippen LogP contribution in [0.25, 0.3) is 0 Å². The van der Waals surface area contributed by atoms with Crippen LogP contribution in [-0.2, 0) is 27.2 Å². The number of benzene rings is 1. The van der Waals surface area contributed by atoms with Gasteiger partial charge in [-0.2, -0.15) is 0 Å². The summed E-state index contributed by atoms with van der Waals surface area (Å²) in [6, 6.07) is 7.07. The molecule has 1 aromatic carbocycles. The van der Waals surface area contributed by atoms with Gasteiger partial charge in [0.2, 0.25) is 5.91 Å². The second-order valence-electron chi connectivity index (χ2n) is 9.10. The summed E-state index contributed by atoms with van der Waals surface area (Å²) in [4.78, 5) is 57.2. The van der Waals surface area contributed by atoms with Crippen LogP contribution in [0.5, 0.6) is 0 Å². The molecule has 34 heavy (non-hydrogen) atoms. The maximum absolute atomic E-state index is 12.5. The summed E-state index contributed by atoms with van der Waals surface area (Å²) in [5.74, 6) is -1.11. The molecular formula is C25H27N5O4. The van der Waals surface area contributed by atoms with Crippen molar-refractivity contribution in [3.63, 3.8) is 0 Å². The molecule has 176 valence electrons. The van der Waals surface area contributed by atoms with Crippen molar-refractivity contribution in [2.45, 2.75) is 32.1 Å². The SMILES string of the molecule is O=C(NCC1CCN(C(=O)c2ccncc2)CC1)C(=O)Nc1cc2c3c(c1)CC(=O)N3CCC2. The smallest absolute Gasteiger partial charge is 0.313 e. The second kappa shape index (κ2) is 9.24. The fourth-order valence-corrected chi connectivity index (χ4v) is 5.07. The van der Waals surface area contributed by atoms with E-state index in [1.54, 1.807) is 30.6 Å². The number of likely N-dealkylation sites (tertiary alicyclic amines) is 1. The van der Waals surface area contributed by atoms with Gasteiger partial charge in [-0.15, -0.1) is 0 Å². The highest BCUT2D eigenvalue weighted by Crippen LogP contribution is 2.38.